The minimum atomic E-state index is -0.103. The number of hydrogen-bond donors (Lipinski definition) is 3. The third kappa shape index (κ3) is 5.84. The Morgan fingerprint density at radius 3 is 2.43 bits per heavy atom. The number of halogens is 1. The van der Waals surface area contributed by atoms with Crippen LogP contribution >= 0.6 is 12.4 Å². The molecule has 6 heteroatoms. The zero-order valence-electron chi connectivity index (χ0n) is 13.5. The third-order valence-electron chi connectivity index (χ3n) is 4.18. The molecule has 0 aliphatic heterocycles. The number of rotatable bonds is 5. The summed E-state index contributed by atoms with van der Waals surface area (Å²) >= 11 is 0. The minimum Gasteiger partial charge on any atom is -0.352 e. The molecule has 1 fully saturated rings. The second-order valence-electron chi connectivity index (χ2n) is 5.90. The largest absolute Gasteiger partial charge is 0.352 e. The molecule has 1 aliphatic carbocycles. The lowest BCUT2D eigenvalue weighted by Crippen LogP contribution is -2.35. The highest BCUT2D eigenvalue weighted by Crippen LogP contribution is 2.26. The number of carbonyl (C=O) groups excluding carboxylic acids is 2. The number of nitrogens with one attached hydrogen (secondary N) is 2. The zero-order valence-corrected chi connectivity index (χ0v) is 14.3. The summed E-state index contributed by atoms with van der Waals surface area (Å²) < 4.78 is 0. The summed E-state index contributed by atoms with van der Waals surface area (Å²) in [5.41, 5.74) is 7.38. The maximum absolute atomic E-state index is 12.1. The van der Waals surface area contributed by atoms with Gasteiger partial charge in [-0.3, -0.25) is 9.59 Å². The lowest BCUT2D eigenvalue weighted by molar-refractivity contribution is -0.117. The molecule has 23 heavy (non-hydrogen) atoms. The van der Waals surface area contributed by atoms with E-state index in [1.54, 1.807) is 24.3 Å². The van der Waals surface area contributed by atoms with Crippen molar-refractivity contribution in [3.05, 3.63) is 29.8 Å². The summed E-state index contributed by atoms with van der Waals surface area (Å²) in [4.78, 5) is 23.8. The Kier molecular flexibility index (Phi) is 8.06. The van der Waals surface area contributed by atoms with Crippen LogP contribution in [0.2, 0.25) is 0 Å². The molecule has 1 aromatic rings. The molecule has 5 nitrogen and oxygen atoms in total. The Morgan fingerprint density at radius 2 is 1.83 bits per heavy atom. The van der Waals surface area contributed by atoms with Gasteiger partial charge in [0.25, 0.3) is 5.91 Å². The van der Waals surface area contributed by atoms with Crippen molar-refractivity contribution in [3.8, 4) is 0 Å². The molecule has 0 spiro atoms. The number of nitrogens with two attached hydrogens (primary N) is 1. The zero-order chi connectivity index (χ0) is 15.9. The Morgan fingerprint density at radius 1 is 1.17 bits per heavy atom. The van der Waals surface area contributed by atoms with E-state index in [2.05, 4.69) is 10.6 Å². The van der Waals surface area contributed by atoms with Gasteiger partial charge < -0.3 is 16.4 Å². The maximum atomic E-state index is 12.1. The van der Waals surface area contributed by atoms with Gasteiger partial charge in [0.05, 0.1) is 0 Å². The highest BCUT2D eigenvalue weighted by molar-refractivity contribution is 5.95. The molecule has 0 bridgehead atoms. The van der Waals surface area contributed by atoms with Gasteiger partial charge in [-0.15, -0.1) is 12.4 Å². The van der Waals surface area contributed by atoms with E-state index >= 15 is 0 Å². The van der Waals surface area contributed by atoms with Crippen molar-refractivity contribution in [2.24, 2.45) is 11.7 Å². The lowest BCUT2D eigenvalue weighted by atomic mass is 9.83. The van der Waals surface area contributed by atoms with Gasteiger partial charge in [0.1, 0.15) is 0 Å². The number of benzene rings is 1. The van der Waals surface area contributed by atoms with E-state index in [4.69, 9.17) is 5.73 Å². The molecule has 1 aliphatic rings. The fourth-order valence-corrected chi connectivity index (χ4v) is 2.91. The van der Waals surface area contributed by atoms with Crippen molar-refractivity contribution < 1.29 is 9.59 Å². The summed E-state index contributed by atoms with van der Waals surface area (Å²) in [6.07, 6.45) is 4.84. The summed E-state index contributed by atoms with van der Waals surface area (Å²) in [6.45, 7) is 2.47. The molecule has 2 unspecified atom stereocenters. The van der Waals surface area contributed by atoms with Gasteiger partial charge in [-0.2, -0.15) is 0 Å². The van der Waals surface area contributed by atoms with Gasteiger partial charge in [0.15, 0.2) is 0 Å². The molecule has 0 heterocycles. The maximum Gasteiger partial charge on any atom is 0.251 e. The molecule has 0 radical (unpaired) electrons. The van der Waals surface area contributed by atoms with Gasteiger partial charge >= 0.3 is 0 Å². The van der Waals surface area contributed by atoms with Gasteiger partial charge in [-0.05, 0) is 49.9 Å². The Labute approximate surface area is 143 Å². The van der Waals surface area contributed by atoms with Crippen molar-refractivity contribution in [1.82, 2.24) is 5.32 Å². The molecule has 0 saturated heterocycles. The van der Waals surface area contributed by atoms with Crippen LogP contribution in [0.15, 0.2) is 24.3 Å². The highest BCUT2D eigenvalue weighted by Gasteiger charge is 2.24. The normalized spacial score (nSPS) is 20.3. The molecule has 0 aromatic heterocycles. The Bertz CT molecular complexity index is 519. The Hall–Kier alpha value is -1.59. The van der Waals surface area contributed by atoms with E-state index in [-0.39, 0.29) is 36.2 Å². The second kappa shape index (κ2) is 9.53. The van der Waals surface area contributed by atoms with Crippen LogP contribution in [0.4, 0.5) is 5.69 Å². The smallest absolute Gasteiger partial charge is 0.251 e. The summed E-state index contributed by atoms with van der Waals surface area (Å²) in [7, 11) is 0. The van der Waals surface area contributed by atoms with Crippen LogP contribution in [0, 0.1) is 5.92 Å². The van der Waals surface area contributed by atoms with Gasteiger partial charge in [-0.1, -0.05) is 12.8 Å². The van der Waals surface area contributed by atoms with E-state index in [0.717, 1.165) is 19.3 Å². The van der Waals surface area contributed by atoms with Crippen LogP contribution in [0.1, 0.15) is 49.4 Å². The number of anilines is 1. The van der Waals surface area contributed by atoms with Crippen molar-refractivity contribution >= 4 is 29.9 Å². The fourth-order valence-electron chi connectivity index (χ4n) is 2.91. The van der Waals surface area contributed by atoms with E-state index in [0.29, 0.717) is 24.2 Å². The molecule has 128 valence electrons. The van der Waals surface area contributed by atoms with E-state index in [9.17, 15) is 9.59 Å². The number of hydrogen-bond acceptors (Lipinski definition) is 3. The van der Waals surface area contributed by atoms with Crippen LogP contribution in [0.3, 0.4) is 0 Å². The first kappa shape index (κ1) is 19.5. The first-order valence-corrected chi connectivity index (χ1v) is 8.04. The number of amides is 2. The molecule has 2 amide bonds. The van der Waals surface area contributed by atoms with E-state index in [1.165, 1.54) is 6.42 Å². The predicted molar refractivity (Wildman–Crippen MR) is 94.9 cm³/mol. The lowest BCUT2D eigenvalue weighted by Gasteiger charge is -2.27. The molecule has 2 atom stereocenters. The van der Waals surface area contributed by atoms with Crippen LogP contribution in [-0.2, 0) is 4.79 Å². The van der Waals surface area contributed by atoms with Crippen LogP contribution < -0.4 is 16.4 Å². The van der Waals surface area contributed by atoms with E-state index in [1.807, 2.05) is 6.92 Å². The monoisotopic (exact) mass is 339 g/mol. The van der Waals surface area contributed by atoms with Crippen LogP contribution in [-0.4, -0.2) is 24.4 Å². The first-order chi connectivity index (χ1) is 10.6. The van der Waals surface area contributed by atoms with Gasteiger partial charge in [0.2, 0.25) is 5.91 Å². The summed E-state index contributed by atoms with van der Waals surface area (Å²) in [5, 5.41) is 5.62. The van der Waals surface area contributed by atoms with Crippen molar-refractivity contribution in [1.29, 1.82) is 0 Å². The molecule has 2 rings (SSSR count). The van der Waals surface area contributed by atoms with Gasteiger partial charge in [-0.25, -0.2) is 0 Å². The highest BCUT2D eigenvalue weighted by atomic mass is 35.5. The van der Waals surface area contributed by atoms with Crippen molar-refractivity contribution in [2.75, 3.05) is 11.9 Å². The minimum absolute atomic E-state index is 0. The first-order valence-electron chi connectivity index (χ1n) is 8.04. The standard InChI is InChI=1S/C17H25N3O2.ClH/c1-2-19-17(22)12-7-9-14(10-8-12)20-16(21)11-13-5-3-4-6-15(13)18;/h7-10,13,15H,2-6,11,18H2,1H3,(H,19,22)(H,20,21);1H. The predicted octanol–water partition coefficient (Wildman–Crippen LogP) is 2.70. The molecule has 1 aromatic carbocycles. The van der Waals surface area contributed by atoms with Crippen molar-refractivity contribution in [3.63, 3.8) is 0 Å². The van der Waals surface area contributed by atoms with E-state index < -0.39 is 0 Å². The van der Waals surface area contributed by atoms with Crippen LogP contribution in [0.5, 0.6) is 0 Å². The fraction of sp³-hybridized carbons (Fsp3) is 0.529. The average molecular weight is 340 g/mol. The van der Waals surface area contributed by atoms with Crippen LogP contribution in [0.25, 0.3) is 0 Å². The second-order valence-corrected chi connectivity index (χ2v) is 5.90. The third-order valence-corrected chi connectivity index (χ3v) is 4.18. The number of carbonyl (C=O) groups is 2. The molecule has 4 N–H and O–H groups in total. The SMILES string of the molecule is CCNC(=O)c1ccc(NC(=O)CC2CCCCC2N)cc1.Cl. The summed E-state index contributed by atoms with van der Waals surface area (Å²) in [6, 6.07) is 7.08. The molecule has 1 saturated carbocycles. The molecular formula is C17H26ClN3O2. The average Bonchev–Trinajstić information content (AvgIpc) is 2.50. The quantitative estimate of drug-likeness (QED) is 0.771. The topological polar surface area (TPSA) is 84.2 Å². The van der Waals surface area contributed by atoms with Gasteiger partial charge in [0, 0.05) is 30.3 Å². The summed E-state index contributed by atoms with van der Waals surface area (Å²) in [5.74, 6) is 0.171. The Balaban J connectivity index is 0.00000264. The van der Waals surface area contributed by atoms with Crippen molar-refractivity contribution in [2.45, 2.75) is 45.1 Å². The molecular weight excluding hydrogens is 314 g/mol.